The molecule has 3 aromatic rings. The molecule has 1 aliphatic heterocycles. The summed E-state index contributed by atoms with van der Waals surface area (Å²) in [6.07, 6.45) is 3.84. The SMILES string of the molecule is COCc1cc(NCC2CCCOC2c2ccc(C)cc2)n2ncnc2n1. The van der Waals surface area contributed by atoms with Crippen molar-refractivity contribution in [3.05, 3.63) is 53.5 Å². The Kier molecular flexibility index (Phi) is 5.31. The number of rotatable bonds is 6. The summed E-state index contributed by atoms with van der Waals surface area (Å²) in [5.74, 6) is 1.83. The molecule has 7 nitrogen and oxygen atoms in total. The van der Waals surface area contributed by atoms with Crippen molar-refractivity contribution < 1.29 is 9.47 Å². The first-order valence-corrected chi connectivity index (χ1v) is 9.35. The lowest BCUT2D eigenvalue weighted by atomic mass is 9.89. The van der Waals surface area contributed by atoms with E-state index in [0.717, 1.165) is 37.5 Å². The molecular weight excluding hydrogens is 342 g/mol. The summed E-state index contributed by atoms with van der Waals surface area (Å²) in [5.41, 5.74) is 3.34. The second-order valence-electron chi connectivity index (χ2n) is 7.02. The van der Waals surface area contributed by atoms with Gasteiger partial charge >= 0.3 is 0 Å². The number of nitrogens with one attached hydrogen (secondary N) is 1. The van der Waals surface area contributed by atoms with E-state index in [1.54, 1.807) is 11.6 Å². The predicted molar refractivity (Wildman–Crippen MR) is 103 cm³/mol. The predicted octanol–water partition coefficient (Wildman–Crippen LogP) is 3.16. The molecule has 0 aliphatic carbocycles. The molecule has 0 bridgehead atoms. The van der Waals surface area contributed by atoms with Crippen LogP contribution in [0.25, 0.3) is 5.78 Å². The van der Waals surface area contributed by atoms with E-state index in [9.17, 15) is 0 Å². The van der Waals surface area contributed by atoms with E-state index in [4.69, 9.17) is 9.47 Å². The van der Waals surface area contributed by atoms with Gasteiger partial charge in [0.2, 0.25) is 0 Å². The maximum atomic E-state index is 6.13. The Morgan fingerprint density at radius 1 is 1.30 bits per heavy atom. The molecule has 4 rings (SSSR count). The van der Waals surface area contributed by atoms with E-state index in [1.807, 2.05) is 6.07 Å². The molecule has 1 N–H and O–H groups in total. The molecule has 1 aliphatic rings. The van der Waals surface area contributed by atoms with Gasteiger partial charge in [-0.2, -0.15) is 14.6 Å². The molecule has 0 amide bonds. The second kappa shape index (κ2) is 8.02. The highest BCUT2D eigenvalue weighted by Gasteiger charge is 2.27. The lowest BCUT2D eigenvalue weighted by molar-refractivity contribution is -0.0238. The van der Waals surface area contributed by atoms with Gasteiger partial charge in [-0.15, -0.1) is 0 Å². The molecule has 2 aromatic heterocycles. The van der Waals surface area contributed by atoms with Crippen molar-refractivity contribution in [3.8, 4) is 0 Å². The van der Waals surface area contributed by atoms with E-state index in [-0.39, 0.29) is 6.10 Å². The van der Waals surface area contributed by atoms with Gasteiger partial charge < -0.3 is 14.8 Å². The van der Waals surface area contributed by atoms with Gasteiger partial charge in [0.25, 0.3) is 5.78 Å². The Labute approximate surface area is 158 Å². The minimum absolute atomic E-state index is 0.110. The average Bonchev–Trinajstić information content (AvgIpc) is 3.16. The third kappa shape index (κ3) is 3.94. The summed E-state index contributed by atoms with van der Waals surface area (Å²) < 4.78 is 13.1. The van der Waals surface area contributed by atoms with Gasteiger partial charge in [0, 0.05) is 32.2 Å². The Balaban J connectivity index is 1.53. The van der Waals surface area contributed by atoms with E-state index in [0.29, 0.717) is 18.3 Å². The van der Waals surface area contributed by atoms with E-state index < -0.39 is 0 Å². The van der Waals surface area contributed by atoms with Crippen LogP contribution in [0.15, 0.2) is 36.7 Å². The largest absolute Gasteiger partial charge is 0.378 e. The van der Waals surface area contributed by atoms with Gasteiger partial charge in [-0.05, 0) is 25.3 Å². The number of benzene rings is 1. The number of methoxy groups -OCH3 is 1. The van der Waals surface area contributed by atoms with Crippen molar-refractivity contribution in [2.45, 2.75) is 32.5 Å². The van der Waals surface area contributed by atoms with E-state index in [2.05, 4.69) is 51.6 Å². The number of hydrogen-bond acceptors (Lipinski definition) is 6. The zero-order valence-corrected chi connectivity index (χ0v) is 15.8. The lowest BCUT2D eigenvalue weighted by Crippen LogP contribution is -2.29. The van der Waals surface area contributed by atoms with Crippen molar-refractivity contribution >= 4 is 11.6 Å². The fourth-order valence-electron chi connectivity index (χ4n) is 3.62. The molecule has 0 spiro atoms. The van der Waals surface area contributed by atoms with Crippen LogP contribution in [-0.2, 0) is 16.1 Å². The highest BCUT2D eigenvalue weighted by atomic mass is 16.5. The quantitative estimate of drug-likeness (QED) is 0.721. The molecule has 27 heavy (non-hydrogen) atoms. The molecule has 7 heteroatoms. The maximum absolute atomic E-state index is 6.13. The van der Waals surface area contributed by atoms with Crippen molar-refractivity contribution in [2.75, 3.05) is 25.6 Å². The van der Waals surface area contributed by atoms with Crippen LogP contribution >= 0.6 is 0 Å². The van der Waals surface area contributed by atoms with Crippen LogP contribution < -0.4 is 5.32 Å². The van der Waals surface area contributed by atoms with Crippen molar-refractivity contribution in [1.29, 1.82) is 0 Å². The average molecular weight is 367 g/mol. The van der Waals surface area contributed by atoms with Gasteiger partial charge in [-0.1, -0.05) is 29.8 Å². The third-order valence-electron chi connectivity index (χ3n) is 4.99. The zero-order valence-electron chi connectivity index (χ0n) is 15.8. The third-order valence-corrected chi connectivity index (χ3v) is 4.99. The summed E-state index contributed by atoms with van der Waals surface area (Å²) >= 11 is 0. The molecule has 0 radical (unpaired) electrons. The summed E-state index contributed by atoms with van der Waals surface area (Å²) in [4.78, 5) is 8.66. The zero-order chi connectivity index (χ0) is 18.6. The number of ether oxygens (including phenoxy) is 2. The topological polar surface area (TPSA) is 73.6 Å². The smallest absolute Gasteiger partial charge is 0.254 e. The van der Waals surface area contributed by atoms with Crippen LogP contribution in [0.1, 0.15) is 35.8 Å². The van der Waals surface area contributed by atoms with Crippen LogP contribution in [0.3, 0.4) is 0 Å². The first-order chi connectivity index (χ1) is 13.2. The molecule has 1 saturated heterocycles. The van der Waals surface area contributed by atoms with Crippen molar-refractivity contribution in [2.24, 2.45) is 5.92 Å². The Hall–Kier alpha value is -2.51. The fourth-order valence-corrected chi connectivity index (χ4v) is 3.62. The van der Waals surface area contributed by atoms with Crippen LogP contribution in [0, 0.1) is 12.8 Å². The van der Waals surface area contributed by atoms with Crippen LogP contribution in [0.4, 0.5) is 5.82 Å². The Morgan fingerprint density at radius 3 is 2.96 bits per heavy atom. The Bertz CT molecular complexity index is 893. The second-order valence-corrected chi connectivity index (χ2v) is 7.02. The number of hydrogen-bond donors (Lipinski definition) is 1. The maximum Gasteiger partial charge on any atom is 0.254 e. The first-order valence-electron chi connectivity index (χ1n) is 9.35. The molecular formula is C20H25N5O2. The summed E-state index contributed by atoms with van der Waals surface area (Å²) in [6.45, 7) is 4.16. The highest BCUT2D eigenvalue weighted by Crippen LogP contribution is 2.34. The number of nitrogens with zero attached hydrogens (tertiary/aromatic N) is 4. The number of fused-ring (bicyclic) bond motifs is 1. The van der Waals surface area contributed by atoms with Gasteiger partial charge in [-0.3, -0.25) is 0 Å². The lowest BCUT2D eigenvalue weighted by Gasteiger charge is -2.32. The minimum Gasteiger partial charge on any atom is -0.378 e. The highest BCUT2D eigenvalue weighted by molar-refractivity contribution is 5.45. The van der Waals surface area contributed by atoms with Gasteiger partial charge in [0.1, 0.15) is 12.1 Å². The van der Waals surface area contributed by atoms with Crippen LogP contribution in [0.5, 0.6) is 0 Å². The summed E-state index contributed by atoms with van der Waals surface area (Å²) in [6, 6.07) is 10.6. The van der Waals surface area contributed by atoms with Crippen LogP contribution in [0.2, 0.25) is 0 Å². The standard InChI is InChI=1S/C20H25N5O2/c1-14-5-7-15(8-6-14)19-16(4-3-9-27-19)11-21-18-10-17(12-26-2)24-20-22-13-23-25(18)20/h5-8,10,13,16,19,21H,3-4,9,11-12H2,1-2H3. The van der Waals surface area contributed by atoms with Crippen LogP contribution in [-0.4, -0.2) is 39.8 Å². The monoisotopic (exact) mass is 367 g/mol. The summed E-state index contributed by atoms with van der Waals surface area (Å²) in [7, 11) is 1.66. The first kappa shape index (κ1) is 17.9. The van der Waals surface area contributed by atoms with E-state index >= 15 is 0 Å². The number of aromatic nitrogens is 4. The molecule has 2 unspecified atom stereocenters. The molecule has 1 aromatic carbocycles. The normalized spacial score (nSPS) is 20.1. The minimum atomic E-state index is 0.110. The molecule has 142 valence electrons. The molecule has 0 saturated carbocycles. The van der Waals surface area contributed by atoms with Gasteiger partial charge in [0.05, 0.1) is 18.4 Å². The fraction of sp³-hybridized carbons (Fsp3) is 0.450. The molecule has 1 fully saturated rings. The molecule has 3 heterocycles. The Morgan fingerprint density at radius 2 is 2.15 bits per heavy atom. The van der Waals surface area contributed by atoms with Crippen molar-refractivity contribution in [1.82, 2.24) is 19.6 Å². The van der Waals surface area contributed by atoms with E-state index in [1.165, 1.54) is 17.5 Å². The van der Waals surface area contributed by atoms with Gasteiger partial charge in [0.15, 0.2) is 0 Å². The molecule has 2 atom stereocenters. The number of aryl methyl sites for hydroxylation is 1. The van der Waals surface area contributed by atoms with Gasteiger partial charge in [-0.25, -0.2) is 4.98 Å². The summed E-state index contributed by atoms with van der Waals surface area (Å²) in [5, 5.41) is 7.82. The van der Waals surface area contributed by atoms with Crippen molar-refractivity contribution in [3.63, 3.8) is 0 Å². The number of anilines is 1.